The molecule has 2 heterocycles. The quantitative estimate of drug-likeness (QED) is 0.825. The van der Waals surface area contributed by atoms with Gasteiger partial charge in [0.15, 0.2) is 0 Å². The number of rotatable bonds is 6. The number of nitrogens with one attached hydrogen (secondary N) is 2. The van der Waals surface area contributed by atoms with Crippen molar-refractivity contribution in [1.82, 2.24) is 20.4 Å². The number of aryl methyl sites for hydroxylation is 2. The first kappa shape index (κ1) is 23.3. The molecule has 6 heteroatoms. The van der Waals surface area contributed by atoms with Gasteiger partial charge >= 0.3 is 0 Å². The largest absolute Gasteiger partial charge is 0.352 e. The SMILES string of the molecule is C=O.CCC(C)C(=O)NC1CCN(C)C1.CCCCc1cc(C)[nH]n1. The lowest BCUT2D eigenvalue weighted by molar-refractivity contribution is -0.125. The summed E-state index contributed by atoms with van der Waals surface area (Å²) in [4.78, 5) is 21.8. The number of hydrogen-bond donors (Lipinski definition) is 2. The first-order valence-corrected chi connectivity index (χ1v) is 9.24. The van der Waals surface area contributed by atoms with Crippen molar-refractivity contribution in [1.29, 1.82) is 0 Å². The molecule has 1 aromatic heterocycles. The van der Waals surface area contributed by atoms with Crippen molar-refractivity contribution in [3.05, 3.63) is 17.5 Å². The molecule has 25 heavy (non-hydrogen) atoms. The van der Waals surface area contributed by atoms with Crippen LogP contribution in [0.5, 0.6) is 0 Å². The fourth-order valence-electron chi connectivity index (χ4n) is 2.54. The molecule has 0 spiro atoms. The van der Waals surface area contributed by atoms with E-state index in [1.165, 1.54) is 18.5 Å². The summed E-state index contributed by atoms with van der Waals surface area (Å²) >= 11 is 0. The van der Waals surface area contributed by atoms with Gasteiger partial charge in [-0.25, -0.2) is 0 Å². The average Bonchev–Trinajstić information content (AvgIpc) is 3.22. The van der Waals surface area contributed by atoms with E-state index in [9.17, 15) is 4.79 Å². The van der Waals surface area contributed by atoms with E-state index < -0.39 is 0 Å². The predicted octanol–water partition coefficient (Wildman–Crippen LogP) is 2.73. The molecule has 1 fully saturated rings. The molecule has 1 amide bonds. The van der Waals surface area contributed by atoms with Crippen LogP contribution in [-0.2, 0) is 16.0 Å². The predicted molar refractivity (Wildman–Crippen MR) is 103 cm³/mol. The molecule has 1 aliphatic rings. The van der Waals surface area contributed by atoms with Crippen LogP contribution in [0.15, 0.2) is 6.07 Å². The Balaban J connectivity index is 0.000000430. The van der Waals surface area contributed by atoms with E-state index in [1.807, 2.05) is 27.6 Å². The van der Waals surface area contributed by atoms with Crippen LogP contribution in [0.1, 0.15) is 57.8 Å². The van der Waals surface area contributed by atoms with Crippen molar-refractivity contribution < 1.29 is 9.59 Å². The molecule has 1 aromatic rings. The van der Waals surface area contributed by atoms with Gasteiger partial charge in [-0.05, 0) is 52.3 Å². The third-order valence-corrected chi connectivity index (χ3v) is 4.34. The number of unbranched alkanes of at least 4 members (excludes halogenated alkanes) is 1. The van der Waals surface area contributed by atoms with Crippen molar-refractivity contribution >= 4 is 12.7 Å². The summed E-state index contributed by atoms with van der Waals surface area (Å²) in [5, 5.41) is 10.1. The zero-order chi connectivity index (χ0) is 19.2. The summed E-state index contributed by atoms with van der Waals surface area (Å²) in [6, 6.07) is 2.49. The van der Waals surface area contributed by atoms with Crippen LogP contribution >= 0.6 is 0 Å². The van der Waals surface area contributed by atoms with Crippen LogP contribution in [0.2, 0.25) is 0 Å². The molecule has 2 rings (SSSR count). The molecule has 0 bridgehead atoms. The Bertz CT molecular complexity index is 476. The van der Waals surface area contributed by atoms with E-state index in [2.05, 4.69) is 40.5 Å². The van der Waals surface area contributed by atoms with Crippen LogP contribution in [0.4, 0.5) is 0 Å². The molecule has 0 radical (unpaired) electrons. The minimum absolute atomic E-state index is 0.158. The number of amides is 1. The highest BCUT2D eigenvalue weighted by Gasteiger charge is 2.22. The fourth-order valence-corrected chi connectivity index (χ4v) is 2.54. The summed E-state index contributed by atoms with van der Waals surface area (Å²) in [6.07, 6.45) is 5.62. The number of carbonyl (C=O) groups is 2. The summed E-state index contributed by atoms with van der Waals surface area (Å²) in [5.41, 5.74) is 2.35. The number of H-pyrrole nitrogens is 1. The molecule has 1 saturated heterocycles. The number of likely N-dealkylation sites (tertiary alicyclic amines) is 1. The highest BCUT2D eigenvalue weighted by atomic mass is 16.2. The van der Waals surface area contributed by atoms with Crippen LogP contribution in [0.25, 0.3) is 0 Å². The maximum atomic E-state index is 11.5. The number of likely N-dealkylation sites (N-methyl/N-ethyl adjacent to an activating group) is 1. The Kier molecular flexibility index (Phi) is 12.7. The van der Waals surface area contributed by atoms with Crippen molar-refractivity contribution in [2.45, 2.75) is 65.8 Å². The average molecular weight is 353 g/mol. The van der Waals surface area contributed by atoms with Gasteiger partial charge in [0.25, 0.3) is 0 Å². The lowest BCUT2D eigenvalue weighted by Gasteiger charge is -2.15. The van der Waals surface area contributed by atoms with Gasteiger partial charge in [-0.3, -0.25) is 9.89 Å². The summed E-state index contributed by atoms with van der Waals surface area (Å²) < 4.78 is 0. The van der Waals surface area contributed by atoms with E-state index in [-0.39, 0.29) is 11.8 Å². The lowest BCUT2D eigenvalue weighted by atomic mass is 10.1. The zero-order valence-electron chi connectivity index (χ0n) is 16.6. The molecule has 2 N–H and O–H groups in total. The van der Waals surface area contributed by atoms with Crippen molar-refractivity contribution in [3.63, 3.8) is 0 Å². The lowest BCUT2D eigenvalue weighted by Crippen LogP contribution is -2.39. The third-order valence-electron chi connectivity index (χ3n) is 4.34. The maximum absolute atomic E-state index is 11.5. The van der Waals surface area contributed by atoms with Crippen molar-refractivity contribution in [2.75, 3.05) is 20.1 Å². The second kappa shape index (κ2) is 13.6. The van der Waals surface area contributed by atoms with Crippen LogP contribution in [0, 0.1) is 12.8 Å². The smallest absolute Gasteiger partial charge is 0.223 e. The summed E-state index contributed by atoms with van der Waals surface area (Å²) in [6.45, 7) is 12.4. The molecule has 0 saturated carbocycles. The number of carbonyl (C=O) groups excluding carboxylic acids is 2. The molecule has 2 atom stereocenters. The highest BCUT2D eigenvalue weighted by Crippen LogP contribution is 2.08. The first-order chi connectivity index (χ1) is 12.0. The van der Waals surface area contributed by atoms with Gasteiger partial charge in [0.1, 0.15) is 6.79 Å². The molecule has 2 unspecified atom stereocenters. The van der Waals surface area contributed by atoms with Gasteiger partial charge in [-0.15, -0.1) is 0 Å². The Morgan fingerprint density at radius 1 is 1.48 bits per heavy atom. The van der Waals surface area contributed by atoms with E-state index in [0.717, 1.165) is 38.0 Å². The van der Waals surface area contributed by atoms with E-state index in [4.69, 9.17) is 4.79 Å². The van der Waals surface area contributed by atoms with E-state index in [0.29, 0.717) is 6.04 Å². The van der Waals surface area contributed by atoms with Gasteiger partial charge < -0.3 is 15.0 Å². The van der Waals surface area contributed by atoms with E-state index >= 15 is 0 Å². The molecular formula is C19H36N4O2. The molecule has 0 aromatic carbocycles. The second-order valence-corrected chi connectivity index (χ2v) is 6.71. The number of aromatic nitrogens is 2. The zero-order valence-corrected chi connectivity index (χ0v) is 16.6. The summed E-state index contributed by atoms with van der Waals surface area (Å²) in [5.74, 6) is 0.369. The van der Waals surface area contributed by atoms with Crippen molar-refractivity contribution in [2.24, 2.45) is 5.92 Å². The maximum Gasteiger partial charge on any atom is 0.223 e. The van der Waals surface area contributed by atoms with Crippen molar-refractivity contribution in [3.8, 4) is 0 Å². The minimum Gasteiger partial charge on any atom is -0.352 e. The molecule has 0 aliphatic carbocycles. The Hall–Kier alpha value is -1.69. The van der Waals surface area contributed by atoms with Gasteiger partial charge in [0.2, 0.25) is 5.91 Å². The van der Waals surface area contributed by atoms with Gasteiger partial charge in [-0.2, -0.15) is 5.10 Å². The summed E-state index contributed by atoms with van der Waals surface area (Å²) in [7, 11) is 2.09. The third kappa shape index (κ3) is 10.0. The Morgan fingerprint density at radius 2 is 2.16 bits per heavy atom. The topological polar surface area (TPSA) is 78.1 Å². The van der Waals surface area contributed by atoms with Gasteiger partial charge in [0, 0.05) is 24.2 Å². The van der Waals surface area contributed by atoms with Crippen LogP contribution in [0.3, 0.4) is 0 Å². The second-order valence-electron chi connectivity index (χ2n) is 6.71. The number of hydrogen-bond acceptors (Lipinski definition) is 4. The monoisotopic (exact) mass is 352 g/mol. The van der Waals surface area contributed by atoms with Crippen LogP contribution in [-0.4, -0.2) is 54.0 Å². The molecule has 144 valence electrons. The number of nitrogens with zero attached hydrogens (tertiary/aromatic N) is 2. The first-order valence-electron chi connectivity index (χ1n) is 9.24. The van der Waals surface area contributed by atoms with Gasteiger partial charge in [-0.1, -0.05) is 27.2 Å². The fraction of sp³-hybridized carbons (Fsp3) is 0.737. The molecular weight excluding hydrogens is 316 g/mol. The van der Waals surface area contributed by atoms with Crippen LogP contribution < -0.4 is 5.32 Å². The number of aromatic amines is 1. The molecule has 1 aliphatic heterocycles. The minimum atomic E-state index is 0.158. The standard InChI is InChI=1S/C10H20N2O.C8H14N2.CH2O/c1-4-8(2)10(13)11-9-5-6-12(3)7-9;1-3-4-5-8-6-7(2)9-10-8;1-2/h8-9H,4-7H2,1-3H3,(H,11,13);6H,3-5H2,1-2H3,(H,9,10);1H2. The normalized spacial score (nSPS) is 17.7. The Morgan fingerprint density at radius 3 is 2.60 bits per heavy atom. The Labute approximate surface area is 152 Å². The molecule has 6 nitrogen and oxygen atoms in total. The van der Waals surface area contributed by atoms with Gasteiger partial charge in [0.05, 0.1) is 5.69 Å². The highest BCUT2D eigenvalue weighted by molar-refractivity contribution is 5.78. The van der Waals surface area contributed by atoms with E-state index in [1.54, 1.807) is 0 Å².